The molecule has 0 unspecified atom stereocenters. The smallest absolute Gasteiger partial charge is 0.243 e. The molecule has 0 spiro atoms. The molecular formula is C28H40ClN3O4S. The van der Waals surface area contributed by atoms with Gasteiger partial charge in [0, 0.05) is 30.6 Å². The zero-order valence-corrected chi connectivity index (χ0v) is 24.3. The van der Waals surface area contributed by atoms with Gasteiger partial charge in [-0.2, -0.15) is 0 Å². The minimum Gasteiger partial charge on any atom is -0.352 e. The Morgan fingerprint density at radius 3 is 2.24 bits per heavy atom. The number of aryl methyl sites for hydroxylation is 2. The molecule has 2 aromatic rings. The van der Waals surface area contributed by atoms with Crippen molar-refractivity contribution in [1.29, 1.82) is 0 Å². The Bertz CT molecular complexity index is 1170. The number of nitrogens with zero attached hydrogens (tertiary/aromatic N) is 2. The topological polar surface area (TPSA) is 86.8 Å². The van der Waals surface area contributed by atoms with E-state index in [2.05, 4.69) is 5.32 Å². The summed E-state index contributed by atoms with van der Waals surface area (Å²) in [6, 6.07) is 12.4. The van der Waals surface area contributed by atoms with Crippen LogP contribution in [0.4, 0.5) is 5.69 Å². The molecule has 9 heteroatoms. The molecule has 0 fully saturated rings. The molecule has 204 valence electrons. The number of halogens is 1. The van der Waals surface area contributed by atoms with E-state index in [1.54, 1.807) is 23.1 Å². The van der Waals surface area contributed by atoms with E-state index in [1.165, 1.54) is 4.31 Å². The zero-order chi connectivity index (χ0) is 27.8. The minimum atomic E-state index is -3.59. The van der Waals surface area contributed by atoms with Crippen LogP contribution in [-0.2, 0) is 26.2 Å². The van der Waals surface area contributed by atoms with Crippen LogP contribution in [0.5, 0.6) is 0 Å². The first-order chi connectivity index (χ1) is 17.4. The summed E-state index contributed by atoms with van der Waals surface area (Å²) in [5, 5.41) is 3.44. The maximum absolute atomic E-state index is 13.5. The van der Waals surface area contributed by atoms with Crippen molar-refractivity contribution < 1.29 is 18.0 Å². The highest BCUT2D eigenvalue weighted by molar-refractivity contribution is 7.92. The lowest BCUT2D eigenvalue weighted by molar-refractivity contribution is -0.141. The number of hydrogen-bond acceptors (Lipinski definition) is 4. The van der Waals surface area contributed by atoms with Crippen LogP contribution in [-0.4, -0.2) is 50.0 Å². The first-order valence-electron chi connectivity index (χ1n) is 12.8. The van der Waals surface area contributed by atoms with Crippen LogP contribution < -0.4 is 9.62 Å². The highest BCUT2D eigenvalue weighted by Crippen LogP contribution is 2.27. The number of amides is 2. The van der Waals surface area contributed by atoms with Crippen LogP contribution in [0.2, 0.25) is 5.02 Å². The second-order valence-electron chi connectivity index (χ2n) is 9.62. The van der Waals surface area contributed by atoms with E-state index in [-0.39, 0.29) is 30.8 Å². The third-order valence-corrected chi connectivity index (χ3v) is 7.87. The Labute approximate surface area is 227 Å². The fraction of sp³-hybridized carbons (Fsp3) is 0.500. The number of anilines is 1. The number of nitrogens with one attached hydrogen (secondary N) is 1. The standard InChI is InChI=1S/C28H40ClN3O4S/c1-7-22(5)30-28(34)25(8-2)31(19-23-14-11-20(3)12-15-23)27(33)10-9-17-32(37(6,35)36)26-18-24(29)16-13-21(26)4/h11-16,18,22,25H,7-10,17,19H2,1-6H3,(H,30,34)/t22-,25+/m1/s1. The van der Waals surface area contributed by atoms with Crippen molar-refractivity contribution in [1.82, 2.24) is 10.2 Å². The molecule has 37 heavy (non-hydrogen) atoms. The van der Waals surface area contributed by atoms with Crippen LogP contribution in [0.15, 0.2) is 42.5 Å². The lowest BCUT2D eigenvalue weighted by atomic mass is 10.1. The third kappa shape index (κ3) is 9.04. The molecule has 0 heterocycles. The molecule has 0 aliphatic rings. The molecule has 0 saturated heterocycles. The van der Waals surface area contributed by atoms with Crippen molar-refractivity contribution >= 4 is 39.1 Å². The first-order valence-corrected chi connectivity index (χ1v) is 15.0. The Kier molecular flexibility index (Phi) is 11.4. The van der Waals surface area contributed by atoms with Gasteiger partial charge < -0.3 is 10.2 Å². The fourth-order valence-corrected chi connectivity index (χ4v) is 5.27. The van der Waals surface area contributed by atoms with E-state index in [0.29, 0.717) is 30.1 Å². The number of rotatable bonds is 13. The van der Waals surface area contributed by atoms with Crippen LogP contribution >= 0.6 is 11.6 Å². The normalized spacial score (nSPS) is 13.1. The second kappa shape index (κ2) is 13.8. The van der Waals surface area contributed by atoms with Gasteiger partial charge in [-0.3, -0.25) is 13.9 Å². The van der Waals surface area contributed by atoms with Gasteiger partial charge in [-0.15, -0.1) is 0 Å². The van der Waals surface area contributed by atoms with Gasteiger partial charge in [-0.1, -0.05) is 61.3 Å². The van der Waals surface area contributed by atoms with Gasteiger partial charge in [0.1, 0.15) is 6.04 Å². The van der Waals surface area contributed by atoms with Gasteiger partial charge in [-0.25, -0.2) is 8.42 Å². The maximum atomic E-state index is 13.5. The monoisotopic (exact) mass is 549 g/mol. The highest BCUT2D eigenvalue weighted by atomic mass is 35.5. The minimum absolute atomic E-state index is 0.00197. The molecule has 0 bridgehead atoms. The summed E-state index contributed by atoms with van der Waals surface area (Å²) in [7, 11) is -3.59. The van der Waals surface area contributed by atoms with E-state index >= 15 is 0 Å². The summed E-state index contributed by atoms with van der Waals surface area (Å²) >= 11 is 6.13. The van der Waals surface area contributed by atoms with Gasteiger partial charge in [-0.05, 0) is 63.3 Å². The number of carbonyl (C=O) groups is 2. The zero-order valence-electron chi connectivity index (χ0n) is 22.8. The molecule has 0 aliphatic carbocycles. The number of benzene rings is 2. The molecule has 0 aliphatic heterocycles. The van der Waals surface area contributed by atoms with Crippen molar-refractivity contribution in [3.8, 4) is 0 Å². The van der Waals surface area contributed by atoms with Crippen molar-refractivity contribution in [2.45, 2.75) is 78.9 Å². The lowest BCUT2D eigenvalue weighted by Crippen LogP contribution is -2.50. The highest BCUT2D eigenvalue weighted by Gasteiger charge is 2.29. The summed E-state index contributed by atoms with van der Waals surface area (Å²) in [4.78, 5) is 28.2. The third-order valence-electron chi connectivity index (χ3n) is 6.45. The molecule has 0 aromatic heterocycles. The molecule has 1 N–H and O–H groups in total. The molecule has 2 aromatic carbocycles. The number of carbonyl (C=O) groups excluding carboxylic acids is 2. The van der Waals surface area contributed by atoms with Crippen LogP contribution in [0, 0.1) is 13.8 Å². The predicted octanol–water partition coefficient (Wildman–Crippen LogP) is 5.23. The second-order valence-corrected chi connectivity index (χ2v) is 12.0. The van der Waals surface area contributed by atoms with Gasteiger partial charge >= 0.3 is 0 Å². The Morgan fingerprint density at radius 2 is 1.68 bits per heavy atom. The van der Waals surface area contributed by atoms with Gasteiger partial charge in [0.2, 0.25) is 21.8 Å². The molecule has 2 amide bonds. The van der Waals surface area contributed by atoms with Crippen LogP contribution in [0.25, 0.3) is 0 Å². The summed E-state index contributed by atoms with van der Waals surface area (Å²) in [6.45, 7) is 10.1. The molecular weight excluding hydrogens is 510 g/mol. The van der Waals surface area contributed by atoms with E-state index in [4.69, 9.17) is 11.6 Å². The lowest BCUT2D eigenvalue weighted by Gasteiger charge is -2.32. The fourth-order valence-electron chi connectivity index (χ4n) is 4.08. The molecule has 7 nitrogen and oxygen atoms in total. The van der Waals surface area contributed by atoms with Crippen molar-refractivity contribution in [2.75, 3.05) is 17.1 Å². The van der Waals surface area contributed by atoms with Crippen molar-refractivity contribution in [3.63, 3.8) is 0 Å². The van der Waals surface area contributed by atoms with E-state index in [0.717, 1.165) is 29.4 Å². The van der Waals surface area contributed by atoms with Crippen molar-refractivity contribution in [3.05, 3.63) is 64.2 Å². The summed E-state index contributed by atoms with van der Waals surface area (Å²) in [6.07, 6.45) is 2.80. The van der Waals surface area contributed by atoms with Crippen LogP contribution in [0.3, 0.4) is 0 Å². The Morgan fingerprint density at radius 1 is 1.03 bits per heavy atom. The van der Waals surface area contributed by atoms with Gasteiger partial charge in [0.05, 0.1) is 11.9 Å². The van der Waals surface area contributed by atoms with Crippen molar-refractivity contribution in [2.24, 2.45) is 0 Å². The quantitative estimate of drug-likeness (QED) is 0.371. The summed E-state index contributed by atoms with van der Waals surface area (Å²) < 4.78 is 26.5. The summed E-state index contributed by atoms with van der Waals surface area (Å²) in [5.41, 5.74) is 3.31. The average molecular weight is 550 g/mol. The SMILES string of the molecule is CC[C@@H](C)NC(=O)[C@H](CC)N(Cc1ccc(C)cc1)C(=O)CCCN(c1cc(Cl)ccc1C)S(C)(=O)=O. The first kappa shape index (κ1) is 30.6. The van der Waals surface area contributed by atoms with E-state index in [1.807, 2.05) is 58.9 Å². The maximum Gasteiger partial charge on any atom is 0.243 e. The molecule has 0 radical (unpaired) electrons. The number of sulfonamides is 1. The Hall–Kier alpha value is -2.58. The van der Waals surface area contributed by atoms with Gasteiger partial charge in [0.15, 0.2) is 0 Å². The van der Waals surface area contributed by atoms with Crippen LogP contribution in [0.1, 0.15) is 63.1 Å². The summed E-state index contributed by atoms with van der Waals surface area (Å²) in [5.74, 6) is -0.368. The molecule has 2 rings (SSSR count). The molecule has 2 atom stereocenters. The number of hydrogen-bond donors (Lipinski definition) is 1. The van der Waals surface area contributed by atoms with E-state index < -0.39 is 16.1 Å². The van der Waals surface area contributed by atoms with Gasteiger partial charge in [0.25, 0.3) is 0 Å². The predicted molar refractivity (Wildman–Crippen MR) is 151 cm³/mol. The largest absolute Gasteiger partial charge is 0.352 e. The molecule has 0 saturated carbocycles. The average Bonchev–Trinajstić information content (AvgIpc) is 2.83. The van der Waals surface area contributed by atoms with E-state index in [9.17, 15) is 18.0 Å². The Balaban J connectivity index is 2.25.